The van der Waals surface area contributed by atoms with E-state index in [0.717, 1.165) is 55.5 Å². The van der Waals surface area contributed by atoms with Crippen molar-refractivity contribution in [2.45, 2.75) is 40.2 Å². The van der Waals surface area contributed by atoms with Crippen molar-refractivity contribution in [3.8, 4) is 0 Å². The molecule has 0 aromatic carbocycles. The number of carbonyl (C=O) groups excluding carboxylic acids is 1. The second-order valence-electron chi connectivity index (χ2n) is 6.25. The molecule has 1 fully saturated rings. The Morgan fingerprint density at radius 3 is 2.67 bits per heavy atom. The molecule has 0 bridgehead atoms. The maximum Gasteiger partial charge on any atom is 0.227 e. The average molecular weight is 328 g/mol. The molecule has 1 aliphatic rings. The first-order valence-electron chi connectivity index (χ1n) is 8.45. The number of amides is 1. The SMILES string of the molecule is CCn1cc(NC(=O)C2CCN(c3cc(C)nc(C)n3)CC2)cn1. The predicted octanol–water partition coefficient (Wildman–Crippen LogP) is 2.16. The molecule has 1 N–H and O–H groups in total. The van der Waals surface area contributed by atoms with Crippen LogP contribution in [0.25, 0.3) is 0 Å². The molecule has 2 aromatic rings. The van der Waals surface area contributed by atoms with Crippen LogP contribution in [0, 0.1) is 19.8 Å². The first kappa shape index (κ1) is 16.4. The van der Waals surface area contributed by atoms with Gasteiger partial charge in [-0.2, -0.15) is 5.10 Å². The lowest BCUT2D eigenvalue weighted by Crippen LogP contribution is -2.38. The lowest BCUT2D eigenvalue weighted by molar-refractivity contribution is -0.120. The number of rotatable bonds is 4. The molecule has 3 rings (SSSR count). The molecule has 0 aliphatic carbocycles. The number of aromatic nitrogens is 4. The number of nitrogens with zero attached hydrogens (tertiary/aromatic N) is 5. The highest BCUT2D eigenvalue weighted by Crippen LogP contribution is 2.23. The maximum atomic E-state index is 12.4. The molecule has 24 heavy (non-hydrogen) atoms. The smallest absolute Gasteiger partial charge is 0.227 e. The molecule has 1 amide bonds. The fourth-order valence-electron chi connectivity index (χ4n) is 3.08. The van der Waals surface area contributed by atoms with Crippen LogP contribution in [0.3, 0.4) is 0 Å². The van der Waals surface area contributed by atoms with E-state index in [1.165, 1.54) is 0 Å². The quantitative estimate of drug-likeness (QED) is 0.931. The molecule has 3 heterocycles. The number of nitrogens with one attached hydrogen (secondary N) is 1. The lowest BCUT2D eigenvalue weighted by atomic mass is 9.96. The Bertz CT molecular complexity index is 697. The summed E-state index contributed by atoms with van der Waals surface area (Å²) in [5.41, 5.74) is 1.75. The van der Waals surface area contributed by atoms with Gasteiger partial charge in [0.15, 0.2) is 0 Å². The van der Waals surface area contributed by atoms with E-state index in [-0.39, 0.29) is 11.8 Å². The van der Waals surface area contributed by atoms with Crippen molar-refractivity contribution >= 4 is 17.4 Å². The van der Waals surface area contributed by atoms with E-state index in [1.807, 2.05) is 33.0 Å². The van der Waals surface area contributed by atoms with Crippen molar-refractivity contribution in [2.24, 2.45) is 5.92 Å². The zero-order valence-corrected chi connectivity index (χ0v) is 14.5. The molecular formula is C17H24N6O. The van der Waals surface area contributed by atoms with Crippen LogP contribution in [0.15, 0.2) is 18.5 Å². The van der Waals surface area contributed by atoms with Gasteiger partial charge in [-0.25, -0.2) is 9.97 Å². The summed E-state index contributed by atoms with van der Waals surface area (Å²) < 4.78 is 1.80. The van der Waals surface area contributed by atoms with Crippen LogP contribution in [0.1, 0.15) is 31.3 Å². The minimum atomic E-state index is 0.0373. The largest absolute Gasteiger partial charge is 0.356 e. The van der Waals surface area contributed by atoms with Gasteiger partial charge in [-0.15, -0.1) is 0 Å². The Kier molecular flexibility index (Phi) is 4.78. The number of piperidine rings is 1. The van der Waals surface area contributed by atoms with Crippen LogP contribution >= 0.6 is 0 Å². The van der Waals surface area contributed by atoms with Crippen molar-refractivity contribution in [3.63, 3.8) is 0 Å². The minimum absolute atomic E-state index is 0.0373. The highest BCUT2D eigenvalue weighted by Gasteiger charge is 2.26. The van der Waals surface area contributed by atoms with Gasteiger partial charge in [0, 0.05) is 43.5 Å². The summed E-state index contributed by atoms with van der Waals surface area (Å²) in [5.74, 6) is 1.87. The first-order chi connectivity index (χ1) is 11.5. The summed E-state index contributed by atoms with van der Waals surface area (Å²) in [6.45, 7) is 8.38. The molecule has 0 atom stereocenters. The standard InChI is InChI=1S/C17H24N6O/c1-4-23-11-15(10-18-23)21-17(24)14-5-7-22(8-6-14)16-9-12(2)19-13(3)20-16/h9-11,14H,4-8H2,1-3H3,(H,21,24). The first-order valence-corrected chi connectivity index (χ1v) is 8.45. The highest BCUT2D eigenvalue weighted by molar-refractivity contribution is 5.92. The minimum Gasteiger partial charge on any atom is -0.356 e. The van der Waals surface area contributed by atoms with Crippen LogP contribution in [0.2, 0.25) is 0 Å². The van der Waals surface area contributed by atoms with Crippen LogP contribution < -0.4 is 10.2 Å². The van der Waals surface area contributed by atoms with Crippen molar-refractivity contribution in [1.29, 1.82) is 0 Å². The Hall–Kier alpha value is -2.44. The third-order valence-corrected chi connectivity index (χ3v) is 4.37. The number of carbonyl (C=O) groups is 1. The van der Waals surface area contributed by atoms with Gasteiger partial charge in [0.1, 0.15) is 11.6 Å². The fourth-order valence-corrected chi connectivity index (χ4v) is 3.08. The summed E-state index contributed by atoms with van der Waals surface area (Å²) in [6, 6.07) is 2.01. The maximum absolute atomic E-state index is 12.4. The van der Waals surface area contributed by atoms with Crippen molar-refractivity contribution in [3.05, 3.63) is 30.0 Å². The number of anilines is 2. The summed E-state index contributed by atoms with van der Waals surface area (Å²) in [7, 11) is 0. The molecule has 128 valence electrons. The lowest BCUT2D eigenvalue weighted by Gasteiger charge is -2.32. The van der Waals surface area contributed by atoms with Gasteiger partial charge in [-0.3, -0.25) is 9.48 Å². The molecule has 0 saturated carbocycles. The van der Waals surface area contributed by atoms with E-state index in [9.17, 15) is 4.79 Å². The third kappa shape index (κ3) is 3.72. The second kappa shape index (κ2) is 6.98. The molecule has 0 unspecified atom stereocenters. The van der Waals surface area contributed by atoms with Crippen molar-refractivity contribution in [2.75, 3.05) is 23.3 Å². The fraction of sp³-hybridized carbons (Fsp3) is 0.529. The van der Waals surface area contributed by atoms with Gasteiger partial charge >= 0.3 is 0 Å². The zero-order valence-electron chi connectivity index (χ0n) is 14.5. The molecule has 0 spiro atoms. The average Bonchev–Trinajstić information content (AvgIpc) is 3.01. The van der Waals surface area contributed by atoms with Gasteiger partial charge < -0.3 is 10.2 Å². The van der Waals surface area contributed by atoms with Crippen molar-refractivity contribution in [1.82, 2.24) is 19.7 Å². The van der Waals surface area contributed by atoms with E-state index in [1.54, 1.807) is 10.9 Å². The summed E-state index contributed by atoms with van der Waals surface area (Å²) in [5, 5.41) is 7.15. The molecule has 1 aliphatic heterocycles. The monoisotopic (exact) mass is 328 g/mol. The molecule has 2 aromatic heterocycles. The normalized spacial score (nSPS) is 15.5. The van der Waals surface area contributed by atoms with E-state index in [0.29, 0.717) is 0 Å². The topological polar surface area (TPSA) is 75.9 Å². The van der Waals surface area contributed by atoms with Gasteiger partial charge in [-0.05, 0) is 33.6 Å². The Labute approximate surface area is 142 Å². The van der Waals surface area contributed by atoms with Gasteiger partial charge in [-0.1, -0.05) is 0 Å². The van der Waals surface area contributed by atoms with Crippen LogP contribution in [-0.2, 0) is 11.3 Å². The van der Waals surface area contributed by atoms with Gasteiger partial charge in [0.05, 0.1) is 11.9 Å². The van der Waals surface area contributed by atoms with E-state index in [4.69, 9.17) is 0 Å². The van der Waals surface area contributed by atoms with Crippen LogP contribution in [0.5, 0.6) is 0 Å². The van der Waals surface area contributed by atoms with Crippen LogP contribution in [0.4, 0.5) is 11.5 Å². The van der Waals surface area contributed by atoms with Gasteiger partial charge in [0.2, 0.25) is 5.91 Å². The summed E-state index contributed by atoms with van der Waals surface area (Å²) >= 11 is 0. The Morgan fingerprint density at radius 2 is 2.04 bits per heavy atom. The van der Waals surface area contributed by atoms with Gasteiger partial charge in [0.25, 0.3) is 0 Å². The molecule has 0 radical (unpaired) electrons. The number of hydrogen-bond acceptors (Lipinski definition) is 5. The molecule has 7 heteroatoms. The molecular weight excluding hydrogens is 304 g/mol. The third-order valence-electron chi connectivity index (χ3n) is 4.37. The molecule has 7 nitrogen and oxygen atoms in total. The predicted molar refractivity (Wildman–Crippen MR) is 93.0 cm³/mol. The number of hydrogen-bond donors (Lipinski definition) is 1. The van der Waals surface area contributed by atoms with E-state index < -0.39 is 0 Å². The summed E-state index contributed by atoms with van der Waals surface area (Å²) in [6.07, 6.45) is 5.22. The highest BCUT2D eigenvalue weighted by atomic mass is 16.1. The second-order valence-corrected chi connectivity index (χ2v) is 6.25. The molecule has 1 saturated heterocycles. The van der Waals surface area contributed by atoms with E-state index in [2.05, 4.69) is 25.3 Å². The Balaban J connectivity index is 1.57. The summed E-state index contributed by atoms with van der Waals surface area (Å²) in [4.78, 5) is 23.5. The Morgan fingerprint density at radius 1 is 1.29 bits per heavy atom. The van der Waals surface area contributed by atoms with E-state index >= 15 is 0 Å². The number of aryl methyl sites for hydroxylation is 3. The van der Waals surface area contributed by atoms with Crippen molar-refractivity contribution < 1.29 is 4.79 Å². The van der Waals surface area contributed by atoms with Crippen LogP contribution in [-0.4, -0.2) is 38.7 Å². The zero-order chi connectivity index (χ0) is 17.1.